The number of hydrogen-bond donors (Lipinski definition) is 2. The highest BCUT2D eigenvalue weighted by molar-refractivity contribution is 7.92. The SMILES string of the molecule is Cc1ccc(NS(=O)(=O)c2ccc(NC(=O)c3ccc(Cl)cc3)cc2)cc1. The van der Waals surface area contributed by atoms with E-state index in [1.54, 1.807) is 36.4 Å². The van der Waals surface area contributed by atoms with E-state index in [9.17, 15) is 13.2 Å². The highest BCUT2D eigenvalue weighted by Gasteiger charge is 2.14. The summed E-state index contributed by atoms with van der Waals surface area (Å²) in [7, 11) is -3.71. The Kier molecular flexibility index (Phi) is 5.48. The van der Waals surface area contributed by atoms with E-state index in [-0.39, 0.29) is 10.8 Å². The first-order chi connectivity index (χ1) is 12.8. The minimum atomic E-state index is -3.71. The molecule has 0 aliphatic rings. The Morgan fingerprint density at radius 3 is 1.96 bits per heavy atom. The minimum absolute atomic E-state index is 0.104. The van der Waals surface area contributed by atoms with Gasteiger partial charge in [-0.05, 0) is 67.6 Å². The van der Waals surface area contributed by atoms with Crippen molar-refractivity contribution in [2.24, 2.45) is 0 Å². The molecule has 1 amide bonds. The van der Waals surface area contributed by atoms with E-state index >= 15 is 0 Å². The maximum absolute atomic E-state index is 12.5. The molecule has 27 heavy (non-hydrogen) atoms. The molecule has 0 aromatic heterocycles. The molecular formula is C20H17ClN2O3S. The molecule has 0 aliphatic carbocycles. The predicted octanol–water partition coefficient (Wildman–Crippen LogP) is 4.70. The van der Waals surface area contributed by atoms with Crippen molar-refractivity contribution >= 4 is 38.9 Å². The van der Waals surface area contributed by atoms with Gasteiger partial charge in [0, 0.05) is 22.0 Å². The van der Waals surface area contributed by atoms with Crippen molar-refractivity contribution in [1.29, 1.82) is 0 Å². The molecule has 0 saturated carbocycles. The molecule has 0 heterocycles. The fourth-order valence-corrected chi connectivity index (χ4v) is 3.54. The smallest absolute Gasteiger partial charge is 0.261 e. The van der Waals surface area contributed by atoms with E-state index in [0.29, 0.717) is 22.0 Å². The van der Waals surface area contributed by atoms with E-state index in [4.69, 9.17) is 11.6 Å². The van der Waals surface area contributed by atoms with Crippen LogP contribution in [0.15, 0.2) is 77.7 Å². The zero-order chi connectivity index (χ0) is 19.4. The van der Waals surface area contributed by atoms with Crippen LogP contribution in [0.2, 0.25) is 5.02 Å². The molecule has 0 fully saturated rings. The van der Waals surface area contributed by atoms with Gasteiger partial charge in [-0.3, -0.25) is 9.52 Å². The third-order valence-electron chi connectivity index (χ3n) is 3.83. The number of amides is 1. The molecule has 0 bridgehead atoms. The fraction of sp³-hybridized carbons (Fsp3) is 0.0500. The number of rotatable bonds is 5. The van der Waals surface area contributed by atoms with Crippen LogP contribution in [-0.2, 0) is 10.0 Å². The number of anilines is 2. The summed E-state index contributed by atoms with van der Waals surface area (Å²) in [5.41, 5.74) is 2.47. The monoisotopic (exact) mass is 400 g/mol. The Morgan fingerprint density at radius 2 is 1.37 bits per heavy atom. The number of aryl methyl sites for hydroxylation is 1. The van der Waals surface area contributed by atoms with Crippen LogP contribution in [0.4, 0.5) is 11.4 Å². The first kappa shape index (κ1) is 18.9. The lowest BCUT2D eigenvalue weighted by molar-refractivity contribution is 0.102. The summed E-state index contributed by atoms with van der Waals surface area (Å²) in [6, 6.07) is 19.5. The van der Waals surface area contributed by atoms with Gasteiger partial charge in [0.05, 0.1) is 4.90 Å². The maximum atomic E-state index is 12.5. The van der Waals surface area contributed by atoms with Crippen LogP contribution in [0.25, 0.3) is 0 Å². The van der Waals surface area contributed by atoms with E-state index < -0.39 is 10.0 Å². The van der Waals surface area contributed by atoms with E-state index in [1.165, 1.54) is 24.3 Å². The Balaban J connectivity index is 1.71. The average Bonchev–Trinajstić information content (AvgIpc) is 2.64. The lowest BCUT2D eigenvalue weighted by atomic mass is 10.2. The summed E-state index contributed by atoms with van der Waals surface area (Å²) >= 11 is 5.81. The number of carbonyl (C=O) groups excluding carboxylic acids is 1. The van der Waals surface area contributed by atoms with Crippen molar-refractivity contribution in [2.75, 3.05) is 10.0 Å². The average molecular weight is 401 g/mol. The van der Waals surface area contributed by atoms with Crippen LogP contribution < -0.4 is 10.0 Å². The van der Waals surface area contributed by atoms with Gasteiger partial charge in [0.1, 0.15) is 0 Å². The summed E-state index contributed by atoms with van der Waals surface area (Å²) in [6.07, 6.45) is 0. The molecule has 0 spiro atoms. The summed E-state index contributed by atoms with van der Waals surface area (Å²) in [4.78, 5) is 12.3. The number of hydrogen-bond acceptors (Lipinski definition) is 3. The Hall–Kier alpha value is -2.83. The number of benzene rings is 3. The molecule has 3 aromatic carbocycles. The highest BCUT2D eigenvalue weighted by atomic mass is 35.5. The molecule has 0 atom stereocenters. The third-order valence-corrected chi connectivity index (χ3v) is 5.48. The first-order valence-electron chi connectivity index (χ1n) is 8.10. The van der Waals surface area contributed by atoms with E-state index in [2.05, 4.69) is 10.0 Å². The molecule has 5 nitrogen and oxygen atoms in total. The third kappa shape index (κ3) is 4.87. The van der Waals surface area contributed by atoms with Gasteiger partial charge in [0.15, 0.2) is 0 Å². The Labute approximate surface area is 163 Å². The van der Waals surface area contributed by atoms with E-state index in [0.717, 1.165) is 5.56 Å². The lowest BCUT2D eigenvalue weighted by Crippen LogP contribution is -2.14. The highest BCUT2D eigenvalue weighted by Crippen LogP contribution is 2.19. The molecule has 3 rings (SSSR count). The summed E-state index contributed by atoms with van der Waals surface area (Å²) in [6.45, 7) is 1.93. The lowest BCUT2D eigenvalue weighted by Gasteiger charge is -2.10. The van der Waals surface area contributed by atoms with Crippen LogP contribution >= 0.6 is 11.6 Å². The van der Waals surface area contributed by atoms with Crippen LogP contribution in [-0.4, -0.2) is 14.3 Å². The first-order valence-corrected chi connectivity index (χ1v) is 9.96. The molecule has 2 N–H and O–H groups in total. The molecule has 7 heteroatoms. The molecule has 0 aliphatic heterocycles. The van der Waals surface area contributed by atoms with Crippen LogP contribution in [0, 0.1) is 6.92 Å². The minimum Gasteiger partial charge on any atom is -0.322 e. The van der Waals surface area contributed by atoms with Crippen molar-refractivity contribution in [3.05, 3.63) is 88.9 Å². The van der Waals surface area contributed by atoms with Crippen molar-refractivity contribution in [3.63, 3.8) is 0 Å². The molecule has 138 valence electrons. The Bertz CT molecular complexity index is 1050. The second kappa shape index (κ2) is 7.82. The van der Waals surface area contributed by atoms with Crippen molar-refractivity contribution in [2.45, 2.75) is 11.8 Å². The fourth-order valence-electron chi connectivity index (χ4n) is 2.36. The maximum Gasteiger partial charge on any atom is 0.261 e. The summed E-state index contributed by atoms with van der Waals surface area (Å²) in [5, 5.41) is 3.26. The van der Waals surface area contributed by atoms with Gasteiger partial charge in [-0.2, -0.15) is 0 Å². The van der Waals surface area contributed by atoms with E-state index in [1.807, 2.05) is 19.1 Å². The Morgan fingerprint density at radius 1 is 0.815 bits per heavy atom. The molecular weight excluding hydrogens is 384 g/mol. The second-order valence-electron chi connectivity index (χ2n) is 5.96. The number of carbonyl (C=O) groups is 1. The van der Waals surface area contributed by atoms with Gasteiger partial charge in [-0.15, -0.1) is 0 Å². The normalized spacial score (nSPS) is 11.0. The summed E-state index contributed by atoms with van der Waals surface area (Å²) in [5.74, 6) is -0.306. The quantitative estimate of drug-likeness (QED) is 0.651. The van der Waals surface area contributed by atoms with Crippen molar-refractivity contribution in [3.8, 4) is 0 Å². The van der Waals surface area contributed by atoms with Crippen LogP contribution in [0.5, 0.6) is 0 Å². The zero-order valence-corrected chi connectivity index (χ0v) is 16.0. The van der Waals surface area contributed by atoms with Gasteiger partial charge < -0.3 is 5.32 Å². The standard InChI is InChI=1S/C20H17ClN2O3S/c1-14-2-8-18(9-3-14)23-27(25,26)19-12-10-17(11-13-19)22-20(24)15-4-6-16(21)7-5-15/h2-13,23H,1H3,(H,22,24). The van der Waals surface area contributed by atoms with Gasteiger partial charge in [0.2, 0.25) is 0 Å². The zero-order valence-electron chi connectivity index (χ0n) is 14.4. The summed E-state index contributed by atoms with van der Waals surface area (Å²) < 4.78 is 27.5. The van der Waals surface area contributed by atoms with Gasteiger partial charge in [0.25, 0.3) is 15.9 Å². The molecule has 3 aromatic rings. The number of sulfonamides is 1. The van der Waals surface area contributed by atoms with Crippen LogP contribution in [0.3, 0.4) is 0 Å². The largest absolute Gasteiger partial charge is 0.322 e. The number of halogens is 1. The molecule has 0 saturated heterocycles. The number of nitrogens with one attached hydrogen (secondary N) is 2. The molecule has 0 unspecified atom stereocenters. The van der Waals surface area contributed by atoms with Crippen molar-refractivity contribution in [1.82, 2.24) is 0 Å². The van der Waals surface area contributed by atoms with Gasteiger partial charge in [-0.1, -0.05) is 29.3 Å². The van der Waals surface area contributed by atoms with Gasteiger partial charge >= 0.3 is 0 Å². The predicted molar refractivity (Wildman–Crippen MR) is 108 cm³/mol. The van der Waals surface area contributed by atoms with Gasteiger partial charge in [-0.25, -0.2) is 8.42 Å². The van der Waals surface area contributed by atoms with Crippen LogP contribution in [0.1, 0.15) is 15.9 Å². The topological polar surface area (TPSA) is 75.3 Å². The second-order valence-corrected chi connectivity index (χ2v) is 8.08. The van der Waals surface area contributed by atoms with Crippen molar-refractivity contribution < 1.29 is 13.2 Å². The molecule has 0 radical (unpaired) electrons.